The van der Waals surface area contributed by atoms with Crippen LogP contribution in [0.2, 0.25) is 0 Å². The van der Waals surface area contributed by atoms with Crippen molar-refractivity contribution in [1.29, 1.82) is 0 Å². The van der Waals surface area contributed by atoms with E-state index in [-0.39, 0.29) is 11.8 Å². The van der Waals surface area contributed by atoms with E-state index in [1.54, 1.807) is 24.3 Å². The Balaban J connectivity index is 0.000000275. The topological polar surface area (TPSA) is 178 Å². The molecule has 25 heavy (non-hydrogen) atoms. The second kappa shape index (κ2) is 8.87. The molecule has 136 valence electrons. The Morgan fingerprint density at radius 1 is 0.960 bits per heavy atom. The van der Waals surface area contributed by atoms with Crippen molar-refractivity contribution < 1.29 is 39.6 Å². The summed E-state index contributed by atoms with van der Waals surface area (Å²) in [5.74, 6) is -3.95. The van der Waals surface area contributed by atoms with Crippen LogP contribution in [0.1, 0.15) is 27.1 Å². The van der Waals surface area contributed by atoms with Crippen molar-refractivity contribution in [3.05, 3.63) is 35.4 Å². The highest BCUT2D eigenvalue weighted by Crippen LogP contribution is 2.22. The van der Waals surface area contributed by atoms with Crippen LogP contribution in [0.25, 0.3) is 0 Å². The molecule has 0 aromatic heterocycles. The molecule has 0 saturated heterocycles. The second-order valence-corrected chi connectivity index (χ2v) is 5.02. The molecule has 0 spiro atoms. The average molecular weight is 354 g/mol. The van der Waals surface area contributed by atoms with Crippen LogP contribution in [0.15, 0.2) is 24.3 Å². The number of carboxylic acids is 2. The number of aliphatic carboxylic acids is 2. The molecule has 1 aromatic rings. The molecule has 0 aliphatic carbocycles. The molecule has 6 N–H and O–H groups in total. The van der Waals surface area contributed by atoms with Gasteiger partial charge in [-0.15, -0.1) is 0 Å². The Hall–Kier alpha value is -2.82. The van der Waals surface area contributed by atoms with E-state index in [0.29, 0.717) is 30.6 Å². The Bertz CT molecular complexity index is 622. The Labute approximate surface area is 142 Å². The van der Waals surface area contributed by atoms with Gasteiger partial charge in [0.2, 0.25) is 0 Å². The van der Waals surface area contributed by atoms with Crippen LogP contribution in [0.3, 0.4) is 0 Å². The number of fused-ring (bicyclic) bond motifs is 1. The summed E-state index contributed by atoms with van der Waals surface area (Å²) in [5.41, 5.74) is 6.35. The first kappa shape index (κ1) is 20.2. The SMILES string of the molecule is NCCCN1C(=O)c2ccccc2C1=O.O=C(O)C(O)C(O)C(=O)O. The molecule has 1 aromatic carbocycles. The van der Waals surface area contributed by atoms with Gasteiger partial charge in [-0.2, -0.15) is 0 Å². The van der Waals surface area contributed by atoms with E-state index in [4.69, 9.17) is 26.2 Å². The van der Waals surface area contributed by atoms with Gasteiger partial charge in [0.25, 0.3) is 11.8 Å². The highest BCUT2D eigenvalue weighted by atomic mass is 16.4. The minimum absolute atomic E-state index is 0.205. The van der Waals surface area contributed by atoms with E-state index in [9.17, 15) is 19.2 Å². The van der Waals surface area contributed by atoms with Gasteiger partial charge in [-0.05, 0) is 25.1 Å². The molecule has 1 aliphatic heterocycles. The maximum Gasteiger partial charge on any atom is 0.335 e. The first-order valence-electron chi connectivity index (χ1n) is 7.19. The van der Waals surface area contributed by atoms with E-state index in [1.165, 1.54) is 4.90 Å². The summed E-state index contributed by atoms with van der Waals surface area (Å²) < 4.78 is 0. The van der Waals surface area contributed by atoms with Gasteiger partial charge >= 0.3 is 11.9 Å². The number of imide groups is 1. The maximum absolute atomic E-state index is 11.8. The number of carbonyl (C=O) groups excluding carboxylic acids is 2. The van der Waals surface area contributed by atoms with Crippen LogP contribution in [-0.4, -0.2) is 74.4 Å². The Kier molecular flexibility index (Phi) is 7.18. The van der Waals surface area contributed by atoms with Crippen molar-refractivity contribution in [1.82, 2.24) is 4.90 Å². The van der Waals surface area contributed by atoms with Gasteiger partial charge in [0.05, 0.1) is 11.1 Å². The number of benzene rings is 1. The molecular weight excluding hydrogens is 336 g/mol. The number of aliphatic hydroxyl groups is 2. The van der Waals surface area contributed by atoms with Gasteiger partial charge in [0, 0.05) is 6.54 Å². The minimum atomic E-state index is -2.27. The second-order valence-electron chi connectivity index (χ2n) is 5.02. The number of carbonyl (C=O) groups is 4. The molecule has 2 unspecified atom stereocenters. The fourth-order valence-electron chi connectivity index (χ4n) is 1.96. The van der Waals surface area contributed by atoms with Crippen LogP contribution in [-0.2, 0) is 9.59 Å². The first-order chi connectivity index (χ1) is 11.7. The fourth-order valence-corrected chi connectivity index (χ4v) is 1.96. The molecule has 0 bridgehead atoms. The van der Waals surface area contributed by atoms with Crippen molar-refractivity contribution in [2.75, 3.05) is 13.1 Å². The largest absolute Gasteiger partial charge is 0.479 e. The number of hydrogen-bond donors (Lipinski definition) is 5. The summed E-state index contributed by atoms with van der Waals surface area (Å²) in [6.07, 6.45) is -3.89. The lowest BCUT2D eigenvalue weighted by Crippen LogP contribution is -2.39. The lowest BCUT2D eigenvalue weighted by molar-refractivity contribution is -0.165. The normalized spacial score (nSPS) is 15.1. The van der Waals surface area contributed by atoms with Crippen LogP contribution in [0.5, 0.6) is 0 Å². The molecule has 0 radical (unpaired) electrons. The third-order valence-electron chi connectivity index (χ3n) is 3.27. The minimum Gasteiger partial charge on any atom is -0.479 e. The zero-order valence-corrected chi connectivity index (χ0v) is 13.0. The van der Waals surface area contributed by atoms with Gasteiger partial charge < -0.3 is 26.2 Å². The molecule has 10 nitrogen and oxygen atoms in total. The summed E-state index contributed by atoms with van der Waals surface area (Å²) in [6, 6.07) is 6.88. The monoisotopic (exact) mass is 354 g/mol. The summed E-state index contributed by atoms with van der Waals surface area (Å²) >= 11 is 0. The van der Waals surface area contributed by atoms with Gasteiger partial charge in [-0.25, -0.2) is 9.59 Å². The highest BCUT2D eigenvalue weighted by Gasteiger charge is 2.34. The summed E-state index contributed by atoms with van der Waals surface area (Å²) in [6.45, 7) is 0.885. The lowest BCUT2D eigenvalue weighted by atomic mass is 10.1. The van der Waals surface area contributed by atoms with Crippen molar-refractivity contribution in [2.45, 2.75) is 18.6 Å². The summed E-state index contributed by atoms with van der Waals surface area (Å²) in [5, 5.41) is 32.5. The van der Waals surface area contributed by atoms with Crippen LogP contribution in [0, 0.1) is 0 Å². The number of hydrogen-bond acceptors (Lipinski definition) is 7. The van der Waals surface area contributed by atoms with Crippen molar-refractivity contribution >= 4 is 23.8 Å². The van der Waals surface area contributed by atoms with E-state index >= 15 is 0 Å². The highest BCUT2D eigenvalue weighted by molar-refractivity contribution is 6.21. The molecule has 2 amide bonds. The van der Waals surface area contributed by atoms with Gasteiger partial charge in [-0.1, -0.05) is 12.1 Å². The first-order valence-corrected chi connectivity index (χ1v) is 7.19. The van der Waals surface area contributed by atoms with Crippen LogP contribution < -0.4 is 5.73 Å². The molecule has 2 rings (SSSR count). The standard InChI is InChI=1S/C11H12N2O2.C4H6O6/c12-6-3-7-13-10(14)8-4-1-2-5-9(8)11(13)15;5-1(3(7)8)2(6)4(9)10/h1-2,4-5H,3,6-7,12H2;1-2,5-6H,(H,7,8)(H,9,10). The molecule has 1 aliphatic rings. The Morgan fingerprint density at radius 2 is 1.36 bits per heavy atom. The zero-order valence-electron chi connectivity index (χ0n) is 13.0. The molecular formula is C15H18N2O8. The van der Waals surface area contributed by atoms with E-state index in [1.807, 2.05) is 0 Å². The van der Waals surface area contributed by atoms with Crippen molar-refractivity contribution in [3.8, 4) is 0 Å². The quantitative estimate of drug-likeness (QED) is 0.380. The lowest BCUT2D eigenvalue weighted by Gasteiger charge is -2.12. The summed E-state index contributed by atoms with van der Waals surface area (Å²) in [4.78, 5) is 44.4. The number of nitrogens with zero attached hydrogens (tertiary/aromatic N) is 1. The third kappa shape index (κ3) is 4.83. The molecule has 2 atom stereocenters. The predicted octanol–water partition coefficient (Wildman–Crippen LogP) is -1.49. The van der Waals surface area contributed by atoms with E-state index in [2.05, 4.69) is 0 Å². The average Bonchev–Trinajstić information content (AvgIpc) is 2.83. The van der Waals surface area contributed by atoms with Crippen molar-refractivity contribution in [3.63, 3.8) is 0 Å². The summed E-state index contributed by atoms with van der Waals surface area (Å²) in [7, 11) is 0. The Morgan fingerprint density at radius 3 is 1.68 bits per heavy atom. The van der Waals surface area contributed by atoms with Crippen LogP contribution in [0.4, 0.5) is 0 Å². The third-order valence-corrected chi connectivity index (χ3v) is 3.27. The number of nitrogens with two attached hydrogens (primary N) is 1. The maximum atomic E-state index is 11.8. The number of aliphatic hydroxyl groups excluding tert-OH is 2. The number of carboxylic acid groups (broad SMARTS) is 2. The fraction of sp³-hybridized carbons (Fsp3) is 0.333. The predicted molar refractivity (Wildman–Crippen MR) is 82.8 cm³/mol. The smallest absolute Gasteiger partial charge is 0.335 e. The van der Waals surface area contributed by atoms with Crippen LogP contribution >= 0.6 is 0 Å². The number of amides is 2. The molecule has 1 heterocycles. The van der Waals surface area contributed by atoms with Gasteiger partial charge in [0.15, 0.2) is 12.2 Å². The molecule has 0 fully saturated rings. The van der Waals surface area contributed by atoms with E-state index < -0.39 is 24.1 Å². The molecule has 10 heteroatoms. The van der Waals surface area contributed by atoms with Crippen molar-refractivity contribution in [2.24, 2.45) is 5.73 Å². The van der Waals surface area contributed by atoms with Gasteiger partial charge in [-0.3, -0.25) is 14.5 Å². The molecule has 0 saturated carbocycles. The number of rotatable bonds is 6. The van der Waals surface area contributed by atoms with E-state index in [0.717, 1.165) is 0 Å². The zero-order chi connectivity index (χ0) is 19.1. The van der Waals surface area contributed by atoms with Gasteiger partial charge in [0.1, 0.15) is 0 Å².